The highest BCUT2D eigenvalue weighted by Crippen LogP contribution is 2.31. The third-order valence-corrected chi connectivity index (χ3v) is 4.48. The molecular formula is C16H27N3O. The van der Waals surface area contributed by atoms with Crippen molar-refractivity contribution in [2.45, 2.75) is 64.5 Å². The van der Waals surface area contributed by atoms with E-state index in [9.17, 15) is 0 Å². The minimum absolute atomic E-state index is 0.326. The average molecular weight is 277 g/mol. The fourth-order valence-electron chi connectivity index (χ4n) is 3.44. The molecule has 1 N–H and O–H groups in total. The van der Waals surface area contributed by atoms with E-state index in [0.29, 0.717) is 12.1 Å². The van der Waals surface area contributed by atoms with E-state index in [4.69, 9.17) is 9.72 Å². The average Bonchev–Trinajstić information content (AvgIpc) is 3.03. The zero-order valence-corrected chi connectivity index (χ0v) is 12.8. The molecule has 112 valence electrons. The van der Waals surface area contributed by atoms with Crippen LogP contribution in [0.3, 0.4) is 0 Å². The first kappa shape index (κ1) is 14.1. The number of aromatic amines is 1. The molecule has 20 heavy (non-hydrogen) atoms. The summed E-state index contributed by atoms with van der Waals surface area (Å²) in [6.07, 6.45) is 7.79. The number of aromatic nitrogens is 2. The molecule has 0 bridgehead atoms. The Morgan fingerprint density at radius 1 is 1.30 bits per heavy atom. The topological polar surface area (TPSA) is 41.1 Å². The van der Waals surface area contributed by atoms with Gasteiger partial charge in [0, 0.05) is 12.2 Å². The number of hydrogen-bond acceptors (Lipinski definition) is 3. The van der Waals surface area contributed by atoms with Crippen molar-refractivity contribution in [3.05, 3.63) is 17.2 Å². The molecule has 1 aromatic heterocycles. The van der Waals surface area contributed by atoms with E-state index in [1.807, 2.05) is 0 Å². The summed E-state index contributed by atoms with van der Waals surface area (Å²) in [5.41, 5.74) is 2.73. The summed E-state index contributed by atoms with van der Waals surface area (Å²) in [5.74, 6) is 1.21. The largest absolute Gasteiger partial charge is 0.377 e. The number of fused-ring (bicyclic) bond motifs is 1. The molecule has 1 aliphatic heterocycles. The Labute approximate surface area is 121 Å². The Bertz CT molecular complexity index is 417. The van der Waals surface area contributed by atoms with Gasteiger partial charge in [-0.15, -0.1) is 0 Å². The molecular weight excluding hydrogens is 250 g/mol. The molecule has 0 amide bonds. The Kier molecular flexibility index (Phi) is 4.41. The predicted molar refractivity (Wildman–Crippen MR) is 79.9 cm³/mol. The Hall–Kier alpha value is -0.870. The smallest absolute Gasteiger partial charge is 0.124 e. The molecule has 3 rings (SSSR count). The summed E-state index contributed by atoms with van der Waals surface area (Å²) in [5, 5.41) is 0. The molecule has 4 nitrogen and oxygen atoms in total. The Balaban J connectivity index is 1.64. The summed E-state index contributed by atoms with van der Waals surface area (Å²) in [6.45, 7) is 7.23. The van der Waals surface area contributed by atoms with Crippen LogP contribution in [0.4, 0.5) is 0 Å². The lowest BCUT2D eigenvalue weighted by molar-refractivity contribution is 0.0557. The van der Waals surface area contributed by atoms with E-state index in [2.05, 4.69) is 23.7 Å². The van der Waals surface area contributed by atoms with Crippen LogP contribution in [0.15, 0.2) is 0 Å². The second-order valence-electron chi connectivity index (χ2n) is 6.37. The molecule has 0 radical (unpaired) electrons. The van der Waals surface area contributed by atoms with Crippen molar-refractivity contribution in [1.82, 2.24) is 14.9 Å². The molecule has 0 spiro atoms. The highest BCUT2D eigenvalue weighted by atomic mass is 16.5. The molecule has 4 heteroatoms. The lowest BCUT2D eigenvalue weighted by Gasteiger charge is -2.23. The third kappa shape index (κ3) is 3.07. The van der Waals surface area contributed by atoms with Crippen molar-refractivity contribution in [2.75, 3.05) is 19.7 Å². The quantitative estimate of drug-likeness (QED) is 0.900. The Morgan fingerprint density at radius 2 is 2.15 bits per heavy atom. The molecule has 1 unspecified atom stereocenters. The van der Waals surface area contributed by atoms with Crippen LogP contribution in [-0.4, -0.2) is 40.7 Å². The zero-order valence-electron chi connectivity index (χ0n) is 12.8. The van der Waals surface area contributed by atoms with Crippen molar-refractivity contribution in [3.8, 4) is 0 Å². The van der Waals surface area contributed by atoms with Gasteiger partial charge in [0.1, 0.15) is 5.82 Å². The normalized spacial score (nSPS) is 23.4. The van der Waals surface area contributed by atoms with Crippen molar-refractivity contribution in [1.29, 1.82) is 0 Å². The second-order valence-corrected chi connectivity index (χ2v) is 6.37. The first-order valence-corrected chi connectivity index (χ1v) is 8.17. The van der Waals surface area contributed by atoms with Crippen molar-refractivity contribution in [3.63, 3.8) is 0 Å². The number of nitrogens with zero attached hydrogens (tertiary/aromatic N) is 2. The van der Waals surface area contributed by atoms with Gasteiger partial charge in [0.05, 0.1) is 24.4 Å². The molecule has 1 aliphatic carbocycles. The van der Waals surface area contributed by atoms with Crippen molar-refractivity contribution < 1.29 is 4.74 Å². The minimum atomic E-state index is 0.326. The summed E-state index contributed by atoms with van der Waals surface area (Å²) in [4.78, 5) is 11.0. The minimum Gasteiger partial charge on any atom is -0.377 e. The SMILES string of the molecule is CC(C)OCCN1CCCC1c1nc2c([nH]1)CCCC2. The van der Waals surface area contributed by atoms with E-state index in [1.54, 1.807) is 0 Å². The maximum atomic E-state index is 5.70. The second kappa shape index (κ2) is 6.27. The number of hydrogen-bond donors (Lipinski definition) is 1. The molecule has 1 atom stereocenters. The maximum Gasteiger partial charge on any atom is 0.124 e. The van der Waals surface area contributed by atoms with Gasteiger partial charge in [-0.25, -0.2) is 4.98 Å². The number of imidazole rings is 1. The fraction of sp³-hybridized carbons (Fsp3) is 0.812. The lowest BCUT2D eigenvalue weighted by Crippen LogP contribution is -2.28. The van der Waals surface area contributed by atoms with Gasteiger partial charge in [0.15, 0.2) is 0 Å². The first-order valence-electron chi connectivity index (χ1n) is 8.17. The Morgan fingerprint density at radius 3 is 2.95 bits per heavy atom. The van der Waals surface area contributed by atoms with Gasteiger partial charge in [-0.3, -0.25) is 4.90 Å². The molecule has 2 aliphatic rings. The standard InChI is InChI=1S/C16H27N3O/c1-12(2)20-11-10-19-9-5-8-15(19)16-17-13-6-3-4-7-14(13)18-16/h12,15H,3-11H2,1-2H3,(H,17,18). The highest BCUT2D eigenvalue weighted by Gasteiger charge is 2.29. The van der Waals surface area contributed by atoms with Crippen molar-refractivity contribution in [2.24, 2.45) is 0 Å². The predicted octanol–water partition coefficient (Wildman–Crippen LogP) is 2.85. The van der Waals surface area contributed by atoms with Crippen LogP contribution in [0.2, 0.25) is 0 Å². The van der Waals surface area contributed by atoms with E-state index in [1.165, 1.54) is 55.9 Å². The van der Waals surface area contributed by atoms with Gasteiger partial charge < -0.3 is 9.72 Å². The number of rotatable bonds is 5. The van der Waals surface area contributed by atoms with E-state index in [-0.39, 0.29) is 0 Å². The molecule has 1 fully saturated rings. The molecule has 0 saturated carbocycles. The van der Waals surface area contributed by atoms with E-state index in [0.717, 1.165) is 19.6 Å². The van der Waals surface area contributed by atoms with Gasteiger partial charge in [0.25, 0.3) is 0 Å². The number of H-pyrrole nitrogens is 1. The molecule has 2 heterocycles. The van der Waals surface area contributed by atoms with Crippen LogP contribution in [0.25, 0.3) is 0 Å². The van der Waals surface area contributed by atoms with Gasteiger partial charge in [-0.05, 0) is 58.9 Å². The van der Waals surface area contributed by atoms with Gasteiger partial charge in [-0.2, -0.15) is 0 Å². The van der Waals surface area contributed by atoms with Crippen LogP contribution in [-0.2, 0) is 17.6 Å². The summed E-state index contributed by atoms with van der Waals surface area (Å²) in [7, 11) is 0. The third-order valence-electron chi connectivity index (χ3n) is 4.48. The molecule has 1 saturated heterocycles. The fourth-order valence-corrected chi connectivity index (χ4v) is 3.44. The van der Waals surface area contributed by atoms with E-state index < -0.39 is 0 Å². The molecule has 1 aromatic rings. The summed E-state index contributed by atoms with van der Waals surface area (Å²) < 4.78 is 5.70. The lowest BCUT2D eigenvalue weighted by atomic mass is 10.0. The van der Waals surface area contributed by atoms with Crippen molar-refractivity contribution >= 4 is 0 Å². The maximum absolute atomic E-state index is 5.70. The number of nitrogens with one attached hydrogen (secondary N) is 1. The number of ether oxygens (including phenoxy) is 1. The van der Waals surface area contributed by atoms with Gasteiger partial charge in [0.2, 0.25) is 0 Å². The monoisotopic (exact) mass is 277 g/mol. The van der Waals surface area contributed by atoms with Crippen LogP contribution in [0.5, 0.6) is 0 Å². The number of likely N-dealkylation sites (tertiary alicyclic amines) is 1. The summed E-state index contributed by atoms with van der Waals surface area (Å²) >= 11 is 0. The first-order chi connectivity index (χ1) is 9.74. The van der Waals surface area contributed by atoms with Crippen LogP contribution < -0.4 is 0 Å². The van der Waals surface area contributed by atoms with E-state index >= 15 is 0 Å². The zero-order chi connectivity index (χ0) is 13.9. The van der Waals surface area contributed by atoms with Crippen LogP contribution in [0, 0.1) is 0 Å². The van der Waals surface area contributed by atoms with Gasteiger partial charge in [-0.1, -0.05) is 0 Å². The summed E-state index contributed by atoms with van der Waals surface area (Å²) in [6, 6.07) is 0.483. The molecule has 0 aromatic carbocycles. The highest BCUT2D eigenvalue weighted by molar-refractivity contribution is 5.19. The van der Waals surface area contributed by atoms with Gasteiger partial charge >= 0.3 is 0 Å². The number of aryl methyl sites for hydroxylation is 2. The van der Waals surface area contributed by atoms with Crippen LogP contribution >= 0.6 is 0 Å². The van der Waals surface area contributed by atoms with Crippen LogP contribution in [0.1, 0.15) is 62.8 Å².